The van der Waals surface area contributed by atoms with E-state index < -0.39 is 0 Å². The summed E-state index contributed by atoms with van der Waals surface area (Å²) >= 11 is 5.66. The number of unbranched alkanes of at least 4 members (excludes halogenated alkanes) is 2. The van der Waals surface area contributed by atoms with Crippen LogP contribution in [0, 0.1) is 0 Å². The van der Waals surface area contributed by atoms with Gasteiger partial charge in [-0.1, -0.05) is 59.9 Å². The van der Waals surface area contributed by atoms with Crippen LogP contribution in [0.2, 0.25) is 5.16 Å². The zero-order valence-corrected chi connectivity index (χ0v) is 13.8. The molecule has 0 heterocycles. The van der Waals surface area contributed by atoms with E-state index in [-0.39, 0.29) is 9.52 Å². The summed E-state index contributed by atoms with van der Waals surface area (Å²) in [7, 11) is 1.38. The van der Waals surface area contributed by atoms with E-state index in [1.807, 2.05) is 0 Å². The van der Waals surface area contributed by atoms with E-state index in [9.17, 15) is 0 Å². The molecular formula is C12H21ClSi2. The summed E-state index contributed by atoms with van der Waals surface area (Å²) < 4.78 is 0. The lowest BCUT2D eigenvalue weighted by Crippen LogP contribution is -2.19. The van der Waals surface area contributed by atoms with Gasteiger partial charge < -0.3 is 0 Å². The molecule has 1 unspecified atom stereocenters. The van der Waals surface area contributed by atoms with Gasteiger partial charge >= 0.3 is 0 Å². The van der Waals surface area contributed by atoms with Crippen LogP contribution in [0.15, 0.2) is 30.3 Å². The minimum Gasteiger partial charge on any atom is -0.127 e. The second-order valence-electron chi connectivity index (χ2n) is 4.33. The summed E-state index contributed by atoms with van der Waals surface area (Å²) in [4.78, 5) is 0. The molecule has 0 aromatic heterocycles. The summed E-state index contributed by atoms with van der Waals surface area (Å²) in [6.07, 6.45) is 5.36. The Hall–Kier alpha value is -0.0562. The van der Waals surface area contributed by atoms with E-state index in [1.165, 1.54) is 35.9 Å². The average Bonchev–Trinajstić information content (AvgIpc) is 2.26. The van der Waals surface area contributed by atoms with Gasteiger partial charge in [-0.15, -0.1) is 11.6 Å². The molecule has 15 heavy (non-hydrogen) atoms. The summed E-state index contributed by atoms with van der Waals surface area (Å²) in [6.45, 7) is 0. The van der Waals surface area contributed by atoms with Crippen LogP contribution in [-0.2, 0) is 0 Å². The first-order valence-electron chi connectivity index (χ1n) is 5.93. The van der Waals surface area contributed by atoms with Crippen LogP contribution in [-0.4, -0.2) is 25.6 Å². The Morgan fingerprint density at radius 3 is 2.53 bits per heavy atom. The highest BCUT2D eigenvalue weighted by atomic mass is 35.5. The second-order valence-corrected chi connectivity index (χ2v) is 10.6. The normalized spacial score (nSPS) is 13.7. The van der Waals surface area contributed by atoms with Crippen LogP contribution < -0.4 is 5.19 Å². The Bertz CT molecular complexity index is 251. The van der Waals surface area contributed by atoms with Gasteiger partial charge in [0, 0.05) is 16.1 Å². The zero-order chi connectivity index (χ0) is 10.9. The molecule has 1 rings (SSSR count). The average molecular weight is 257 g/mol. The maximum atomic E-state index is 5.66. The lowest BCUT2D eigenvalue weighted by molar-refractivity contribution is 0.691. The number of hydrogen-bond donors (Lipinski definition) is 0. The number of alkyl halides is 1. The van der Waals surface area contributed by atoms with Gasteiger partial charge in [0.05, 0.1) is 9.52 Å². The molecule has 1 aromatic carbocycles. The van der Waals surface area contributed by atoms with Crippen molar-refractivity contribution < 1.29 is 0 Å². The van der Waals surface area contributed by atoms with Crippen LogP contribution in [0.5, 0.6) is 0 Å². The van der Waals surface area contributed by atoms with Gasteiger partial charge in [0.15, 0.2) is 0 Å². The van der Waals surface area contributed by atoms with E-state index in [0.29, 0.717) is 0 Å². The van der Waals surface area contributed by atoms with Crippen LogP contribution in [0.25, 0.3) is 0 Å². The predicted octanol–water partition coefficient (Wildman–Crippen LogP) is 1.39. The molecular weight excluding hydrogens is 236 g/mol. The number of halogens is 1. The first-order valence-corrected chi connectivity index (χ1v) is 9.14. The number of benzene rings is 1. The maximum absolute atomic E-state index is 5.66. The number of rotatable bonds is 7. The summed E-state index contributed by atoms with van der Waals surface area (Å²) in [6, 6.07) is 11.1. The van der Waals surface area contributed by atoms with Crippen molar-refractivity contribution in [3.05, 3.63) is 30.3 Å². The monoisotopic (exact) mass is 256 g/mol. The molecule has 0 aliphatic heterocycles. The molecule has 0 radical (unpaired) electrons. The van der Waals surface area contributed by atoms with Crippen molar-refractivity contribution >= 4 is 36.5 Å². The molecule has 84 valence electrons. The first kappa shape index (κ1) is 13.0. The van der Waals surface area contributed by atoms with Crippen LogP contribution in [0.1, 0.15) is 25.7 Å². The van der Waals surface area contributed by atoms with Gasteiger partial charge in [-0.3, -0.25) is 0 Å². The Morgan fingerprint density at radius 2 is 1.87 bits per heavy atom. The molecule has 1 atom stereocenters. The van der Waals surface area contributed by atoms with E-state index in [0.717, 1.165) is 11.0 Å². The largest absolute Gasteiger partial charge is 0.127 e. The van der Waals surface area contributed by atoms with Crippen LogP contribution in [0.3, 0.4) is 0 Å². The minimum absolute atomic E-state index is 0.00745. The smallest absolute Gasteiger partial charge is 0.0544 e. The van der Waals surface area contributed by atoms with E-state index in [2.05, 4.69) is 30.3 Å². The highest BCUT2D eigenvalue weighted by Gasteiger charge is 2.03. The molecule has 0 spiro atoms. The fraction of sp³-hybridized carbons (Fsp3) is 0.500. The van der Waals surface area contributed by atoms with Crippen LogP contribution >= 0.6 is 11.6 Å². The summed E-state index contributed by atoms with van der Waals surface area (Å²) in [5.74, 6) is 0.835. The molecule has 0 saturated heterocycles. The Labute approximate surface area is 104 Å². The van der Waals surface area contributed by atoms with Gasteiger partial charge in [0.1, 0.15) is 0 Å². The highest BCUT2D eigenvalue weighted by molar-refractivity contribution is 6.62. The Kier molecular flexibility index (Phi) is 7.06. The SMILES string of the molecule is [SiH3]C(CCCCCCl)[SiH2]c1ccccc1. The first-order chi connectivity index (χ1) is 7.33. The molecule has 1 aromatic rings. The van der Waals surface area contributed by atoms with E-state index in [1.54, 1.807) is 5.19 Å². The fourth-order valence-corrected chi connectivity index (χ4v) is 5.74. The van der Waals surface area contributed by atoms with Crippen molar-refractivity contribution in [3.8, 4) is 0 Å². The molecule has 3 heteroatoms. The Morgan fingerprint density at radius 1 is 1.13 bits per heavy atom. The van der Waals surface area contributed by atoms with Crippen molar-refractivity contribution in [1.29, 1.82) is 0 Å². The van der Waals surface area contributed by atoms with Crippen LogP contribution in [0.4, 0.5) is 0 Å². The molecule has 0 nitrogen and oxygen atoms in total. The fourth-order valence-electron chi connectivity index (χ4n) is 1.88. The van der Waals surface area contributed by atoms with E-state index >= 15 is 0 Å². The molecule has 0 aliphatic carbocycles. The standard InChI is InChI=1S/C12H21ClSi2/c13-10-6-2-5-9-12(14)15-11-7-3-1-4-8-11/h1,3-4,7-8,12H,2,5-6,9-10,15H2,14H3. The highest BCUT2D eigenvalue weighted by Crippen LogP contribution is 2.10. The molecule has 0 amide bonds. The molecule has 0 saturated carbocycles. The van der Waals surface area contributed by atoms with Crippen molar-refractivity contribution in [3.63, 3.8) is 0 Å². The third-order valence-electron chi connectivity index (χ3n) is 2.76. The van der Waals surface area contributed by atoms with Gasteiger partial charge in [-0.2, -0.15) is 0 Å². The van der Waals surface area contributed by atoms with Gasteiger partial charge in [0.2, 0.25) is 0 Å². The Balaban J connectivity index is 2.16. The summed E-state index contributed by atoms with van der Waals surface area (Å²) in [5, 5.41) is 2.71. The number of hydrogen-bond acceptors (Lipinski definition) is 0. The van der Waals surface area contributed by atoms with E-state index in [4.69, 9.17) is 11.6 Å². The predicted molar refractivity (Wildman–Crippen MR) is 77.5 cm³/mol. The third kappa shape index (κ3) is 6.18. The van der Waals surface area contributed by atoms with Gasteiger partial charge in [-0.25, -0.2) is 0 Å². The second kappa shape index (κ2) is 8.14. The van der Waals surface area contributed by atoms with Gasteiger partial charge in [0.25, 0.3) is 0 Å². The van der Waals surface area contributed by atoms with Crippen molar-refractivity contribution in [2.45, 2.75) is 30.8 Å². The summed E-state index contributed by atoms with van der Waals surface area (Å²) in [5.41, 5.74) is 0. The third-order valence-corrected chi connectivity index (χ3v) is 6.87. The van der Waals surface area contributed by atoms with Crippen molar-refractivity contribution in [1.82, 2.24) is 0 Å². The zero-order valence-electron chi connectivity index (χ0n) is 9.58. The molecule has 0 N–H and O–H groups in total. The van der Waals surface area contributed by atoms with Gasteiger partial charge in [-0.05, 0) is 6.42 Å². The molecule has 0 fully saturated rings. The topological polar surface area (TPSA) is 0 Å². The van der Waals surface area contributed by atoms with Crippen molar-refractivity contribution in [2.24, 2.45) is 0 Å². The maximum Gasteiger partial charge on any atom is 0.0544 e. The lowest BCUT2D eigenvalue weighted by atomic mass is 10.2. The lowest BCUT2D eigenvalue weighted by Gasteiger charge is -2.09. The van der Waals surface area contributed by atoms with Crippen molar-refractivity contribution in [2.75, 3.05) is 5.88 Å². The molecule has 0 bridgehead atoms. The minimum atomic E-state index is 0.00745. The molecule has 0 aliphatic rings. The quantitative estimate of drug-likeness (QED) is 0.393.